The van der Waals surface area contributed by atoms with E-state index in [4.69, 9.17) is 9.84 Å². The van der Waals surface area contributed by atoms with E-state index >= 15 is 0 Å². The fraction of sp³-hybridized carbons (Fsp3) is 0.909. The van der Waals surface area contributed by atoms with Crippen molar-refractivity contribution in [3.63, 3.8) is 0 Å². The summed E-state index contributed by atoms with van der Waals surface area (Å²) in [6, 6.07) is 0. The average Bonchev–Trinajstić information content (AvgIpc) is 2.00. The maximum absolute atomic E-state index is 11.4. The first kappa shape index (κ1) is 13.4. The summed E-state index contributed by atoms with van der Waals surface area (Å²) >= 11 is 0. The average molecular weight is 202 g/mol. The summed E-state index contributed by atoms with van der Waals surface area (Å²) in [6.07, 6.45) is 2.17. The van der Waals surface area contributed by atoms with Crippen molar-refractivity contribution in [2.75, 3.05) is 6.61 Å². The van der Waals surface area contributed by atoms with Gasteiger partial charge in [-0.3, -0.25) is 4.79 Å². The second-order valence-electron chi connectivity index (χ2n) is 4.63. The van der Waals surface area contributed by atoms with Crippen LogP contribution in [0, 0.1) is 5.92 Å². The zero-order valence-electron chi connectivity index (χ0n) is 9.67. The van der Waals surface area contributed by atoms with Gasteiger partial charge in [-0.2, -0.15) is 0 Å². The van der Waals surface area contributed by atoms with E-state index in [2.05, 4.69) is 0 Å². The minimum atomic E-state index is -0.427. The van der Waals surface area contributed by atoms with Crippen molar-refractivity contribution >= 4 is 5.97 Å². The molecule has 3 nitrogen and oxygen atoms in total. The van der Waals surface area contributed by atoms with E-state index in [0.29, 0.717) is 6.42 Å². The molecule has 84 valence electrons. The van der Waals surface area contributed by atoms with E-state index in [-0.39, 0.29) is 18.5 Å². The number of rotatable bonds is 5. The van der Waals surface area contributed by atoms with Crippen molar-refractivity contribution < 1.29 is 14.6 Å². The van der Waals surface area contributed by atoms with E-state index in [1.165, 1.54) is 0 Å². The highest BCUT2D eigenvalue weighted by molar-refractivity contribution is 5.70. The van der Waals surface area contributed by atoms with E-state index in [1.807, 2.05) is 27.7 Å². The molecule has 0 bridgehead atoms. The molecule has 1 unspecified atom stereocenters. The van der Waals surface area contributed by atoms with Crippen LogP contribution in [-0.4, -0.2) is 23.3 Å². The number of aliphatic hydroxyl groups is 1. The molecule has 1 atom stereocenters. The molecule has 0 aliphatic carbocycles. The Balaban J connectivity index is 3.91. The van der Waals surface area contributed by atoms with Crippen molar-refractivity contribution in [3.8, 4) is 0 Å². The van der Waals surface area contributed by atoms with Crippen LogP contribution in [0.2, 0.25) is 0 Å². The first-order valence-electron chi connectivity index (χ1n) is 5.21. The van der Waals surface area contributed by atoms with Crippen molar-refractivity contribution in [3.05, 3.63) is 0 Å². The molecule has 0 fully saturated rings. The van der Waals surface area contributed by atoms with Gasteiger partial charge in [0.05, 0.1) is 6.42 Å². The fourth-order valence-corrected chi connectivity index (χ4v) is 1.29. The van der Waals surface area contributed by atoms with Crippen molar-refractivity contribution in [1.82, 2.24) is 0 Å². The van der Waals surface area contributed by atoms with E-state index < -0.39 is 5.60 Å². The molecule has 3 heteroatoms. The maximum atomic E-state index is 11.4. The Hall–Kier alpha value is -0.570. The Morgan fingerprint density at radius 2 is 2.00 bits per heavy atom. The molecule has 0 aromatic rings. The number of carbonyl (C=O) groups is 1. The molecule has 0 aliphatic heterocycles. The first-order valence-corrected chi connectivity index (χ1v) is 5.21. The molecule has 1 N–H and O–H groups in total. The molecule has 0 heterocycles. The van der Waals surface area contributed by atoms with Crippen LogP contribution in [-0.2, 0) is 9.53 Å². The smallest absolute Gasteiger partial charge is 0.306 e. The van der Waals surface area contributed by atoms with Crippen molar-refractivity contribution in [2.24, 2.45) is 5.92 Å². The number of hydrogen-bond donors (Lipinski definition) is 1. The van der Waals surface area contributed by atoms with Gasteiger partial charge in [0.15, 0.2) is 0 Å². The van der Waals surface area contributed by atoms with E-state index in [9.17, 15) is 4.79 Å². The molecule has 0 saturated heterocycles. The van der Waals surface area contributed by atoms with Crippen LogP contribution in [0.3, 0.4) is 0 Å². The van der Waals surface area contributed by atoms with Gasteiger partial charge in [0.2, 0.25) is 0 Å². The standard InChI is InChI=1S/C11H22O3/c1-5-6-9(8-12)7-10(13)14-11(2,3)4/h9,12H,5-8H2,1-4H3. The number of carbonyl (C=O) groups excluding carboxylic acids is 1. The molecule has 0 saturated carbocycles. The lowest BCUT2D eigenvalue weighted by molar-refractivity contribution is -0.156. The van der Waals surface area contributed by atoms with Gasteiger partial charge in [-0.05, 0) is 33.1 Å². The summed E-state index contributed by atoms with van der Waals surface area (Å²) < 4.78 is 5.17. The predicted octanol–water partition coefficient (Wildman–Crippen LogP) is 2.13. The molecular formula is C11H22O3. The Kier molecular flexibility index (Phi) is 5.77. The largest absolute Gasteiger partial charge is 0.460 e. The monoisotopic (exact) mass is 202 g/mol. The summed E-state index contributed by atoms with van der Waals surface area (Å²) in [6.45, 7) is 7.64. The highest BCUT2D eigenvalue weighted by atomic mass is 16.6. The minimum absolute atomic E-state index is 0.0508. The molecule has 0 spiro atoms. The van der Waals surface area contributed by atoms with Gasteiger partial charge >= 0.3 is 5.97 Å². The van der Waals surface area contributed by atoms with Crippen molar-refractivity contribution in [2.45, 2.75) is 52.6 Å². The van der Waals surface area contributed by atoms with Gasteiger partial charge in [0.1, 0.15) is 5.60 Å². The summed E-state index contributed by atoms with van der Waals surface area (Å²) in [5.41, 5.74) is -0.427. The highest BCUT2D eigenvalue weighted by Gasteiger charge is 2.19. The van der Waals surface area contributed by atoms with Crippen LogP contribution in [0.1, 0.15) is 47.0 Å². The molecule has 0 rings (SSSR count). The minimum Gasteiger partial charge on any atom is -0.460 e. The van der Waals surface area contributed by atoms with Gasteiger partial charge < -0.3 is 9.84 Å². The van der Waals surface area contributed by atoms with Gasteiger partial charge in [0.25, 0.3) is 0 Å². The zero-order chi connectivity index (χ0) is 11.2. The van der Waals surface area contributed by atoms with Gasteiger partial charge in [0, 0.05) is 6.61 Å². The van der Waals surface area contributed by atoms with Crippen LogP contribution in [0.15, 0.2) is 0 Å². The van der Waals surface area contributed by atoms with E-state index in [1.54, 1.807) is 0 Å². The second-order valence-corrected chi connectivity index (χ2v) is 4.63. The summed E-state index contributed by atoms with van der Waals surface area (Å²) in [4.78, 5) is 11.4. The number of hydrogen-bond acceptors (Lipinski definition) is 3. The molecule has 0 aliphatic rings. The number of aliphatic hydroxyl groups excluding tert-OH is 1. The molecule has 0 aromatic carbocycles. The van der Waals surface area contributed by atoms with Gasteiger partial charge in [-0.25, -0.2) is 0 Å². The molecular weight excluding hydrogens is 180 g/mol. The number of ether oxygens (including phenoxy) is 1. The number of esters is 1. The molecule has 14 heavy (non-hydrogen) atoms. The Bertz CT molecular complexity index is 170. The third-order valence-electron chi connectivity index (χ3n) is 1.83. The van der Waals surface area contributed by atoms with Crippen LogP contribution in [0.5, 0.6) is 0 Å². The molecule has 0 amide bonds. The van der Waals surface area contributed by atoms with Crippen LogP contribution in [0.25, 0.3) is 0 Å². The first-order chi connectivity index (χ1) is 6.39. The summed E-state index contributed by atoms with van der Waals surface area (Å²) in [5, 5.41) is 9.00. The normalized spacial score (nSPS) is 13.8. The second kappa shape index (κ2) is 6.02. The zero-order valence-corrected chi connectivity index (χ0v) is 9.67. The Labute approximate surface area is 86.5 Å². The summed E-state index contributed by atoms with van der Waals surface area (Å²) in [7, 11) is 0. The van der Waals surface area contributed by atoms with Gasteiger partial charge in [-0.1, -0.05) is 13.3 Å². The lowest BCUT2D eigenvalue weighted by Crippen LogP contribution is -2.26. The van der Waals surface area contributed by atoms with E-state index in [0.717, 1.165) is 12.8 Å². The molecule has 0 radical (unpaired) electrons. The van der Waals surface area contributed by atoms with Crippen molar-refractivity contribution in [1.29, 1.82) is 0 Å². The van der Waals surface area contributed by atoms with Crippen LogP contribution < -0.4 is 0 Å². The molecule has 0 aromatic heterocycles. The lowest BCUT2D eigenvalue weighted by Gasteiger charge is -2.21. The topological polar surface area (TPSA) is 46.5 Å². The predicted molar refractivity (Wildman–Crippen MR) is 55.9 cm³/mol. The lowest BCUT2D eigenvalue weighted by atomic mass is 10.0. The third kappa shape index (κ3) is 6.89. The van der Waals surface area contributed by atoms with Crippen LogP contribution in [0.4, 0.5) is 0 Å². The Morgan fingerprint density at radius 3 is 2.36 bits per heavy atom. The van der Waals surface area contributed by atoms with Gasteiger partial charge in [-0.15, -0.1) is 0 Å². The maximum Gasteiger partial charge on any atom is 0.306 e. The Morgan fingerprint density at radius 1 is 1.43 bits per heavy atom. The summed E-state index contributed by atoms with van der Waals surface area (Å²) in [5.74, 6) is -0.167. The SMILES string of the molecule is CCCC(CO)CC(=O)OC(C)(C)C. The van der Waals surface area contributed by atoms with Crippen LogP contribution >= 0.6 is 0 Å². The highest BCUT2D eigenvalue weighted by Crippen LogP contribution is 2.14. The quantitative estimate of drug-likeness (QED) is 0.695. The third-order valence-corrected chi connectivity index (χ3v) is 1.83. The fourth-order valence-electron chi connectivity index (χ4n) is 1.29.